The van der Waals surface area contributed by atoms with Gasteiger partial charge in [-0.05, 0) is 42.8 Å². The second kappa shape index (κ2) is 6.87. The number of thiazole rings is 1. The molecule has 18 heavy (non-hydrogen) atoms. The number of pyridine rings is 1. The van der Waals surface area contributed by atoms with Crippen LogP contribution in [0.25, 0.3) is 0 Å². The van der Waals surface area contributed by atoms with Gasteiger partial charge >= 0.3 is 0 Å². The van der Waals surface area contributed by atoms with Crippen LogP contribution < -0.4 is 5.32 Å². The molecule has 2 rings (SSSR count). The highest BCUT2D eigenvalue weighted by molar-refractivity contribution is 8.01. The molecule has 2 heterocycles. The van der Waals surface area contributed by atoms with E-state index in [9.17, 15) is 0 Å². The fraction of sp³-hybridized carbons (Fsp3) is 0.385. The van der Waals surface area contributed by atoms with Gasteiger partial charge in [0.25, 0.3) is 0 Å². The largest absolute Gasteiger partial charge is 0.313 e. The van der Waals surface area contributed by atoms with E-state index in [1.54, 1.807) is 23.1 Å². The van der Waals surface area contributed by atoms with Crippen LogP contribution in [0.5, 0.6) is 0 Å². The second-order valence-electron chi connectivity index (χ2n) is 4.04. The molecule has 3 nitrogen and oxygen atoms in total. The van der Waals surface area contributed by atoms with Crippen LogP contribution in [0, 0.1) is 6.92 Å². The highest BCUT2D eigenvalue weighted by Gasteiger charge is 2.05. The van der Waals surface area contributed by atoms with Gasteiger partial charge in [-0.25, -0.2) is 9.97 Å². The van der Waals surface area contributed by atoms with Gasteiger partial charge in [-0.3, -0.25) is 0 Å². The first kappa shape index (κ1) is 13.5. The van der Waals surface area contributed by atoms with E-state index in [2.05, 4.69) is 35.2 Å². The molecule has 0 aliphatic carbocycles. The summed E-state index contributed by atoms with van der Waals surface area (Å²) in [7, 11) is 0. The van der Waals surface area contributed by atoms with Crippen LogP contribution in [0.1, 0.15) is 24.5 Å². The third-order valence-corrected chi connectivity index (χ3v) is 4.44. The van der Waals surface area contributed by atoms with Crippen LogP contribution >= 0.6 is 23.1 Å². The van der Waals surface area contributed by atoms with Crippen LogP contribution in [-0.4, -0.2) is 16.5 Å². The lowest BCUT2D eigenvalue weighted by Crippen LogP contribution is -2.14. The smallest absolute Gasteiger partial charge is 0.156 e. The lowest BCUT2D eigenvalue weighted by Gasteiger charge is -2.07. The Morgan fingerprint density at radius 1 is 1.39 bits per heavy atom. The minimum Gasteiger partial charge on any atom is -0.313 e. The van der Waals surface area contributed by atoms with Gasteiger partial charge in [0.1, 0.15) is 5.03 Å². The molecule has 0 amide bonds. The molecule has 0 unspecified atom stereocenters. The van der Waals surface area contributed by atoms with E-state index in [0.717, 1.165) is 28.9 Å². The molecule has 0 bridgehead atoms. The average molecular weight is 279 g/mol. The fourth-order valence-electron chi connectivity index (χ4n) is 1.58. The van der Waals surface area contributed by atoms with Crippen molar-refractivity contribution < 1.29 is 0 Å². The van der Waals surface area contributed by atoms with E-state index in [-0.39, 0.29) is 0 Å². The first-order chi connectivity index (χ1) is 8.79. The van der Waals surface area contributed by atoms with E-state index in [4.69, 9.17) is 0 Å². The summed E-state index contributed by atoms with van der Waals surface area (Å²) in [6, 6.07) is 2.20. The molecule has 0 saturated heterocycles. The highest BCUT2D eigenvalue weighted by Crippen LogP contribution is 2.29. The monoisotopic (exact) mass is 279 g/mol. The van der Waals surface area contributed by atoms with E-state index in [1.165, 1.54) is 11.1 Å². The Kier molecular flexibility index (Phi) is 5.16. The van der Waals surface area contributed by atoms with Gasteiger partial charge in [-0.2, -0.15) is 0 Å². The summed E-state index contributed by atoms with van der Waals surface area (Å²) in [4.78, 5) is 8.79. The molecule has 2 aromatic rings. The SMILES string of the molecule is CCCNCc1cnc(Sc2nccs2)c(C)c1. The van der Waals surface area contributed by atoms with Crippen molar-refractivity contribution in [1.29, 1.82) is 0 Å². The van der Waals surface area contributed by atoms with Gasteiger partial charge in [0.2, 0.25) is 0 Å². The van der Waals surface area contributed by atoms with E-state index < -0.39 is 0 Å². The molecule has 0 radical (unpaired) electrons. The maximum Gasteiger partial charge on any atom is 0.156 e. The van der Waals surface area contributed by atoms with Crippen LogP contribution in [0.2, 0.25) is 0 Å². The summed E-state index contributed by atoms with van der Waals surface area (Å²) in [5.41, 5.74) is 2.45. The zero-order valence-electron chi connectivity index (χ0n) is 10.6. The third-order valence-electron chi connectivity index (χ3n) is 2.44. The zero-order chi connectivity index (χ0) is 12.8. The van der Waals surface area contributed by atoms with Gasteiger partial charge < -0.3 is 5.32 Å². The molecule has 0 spiro atoms. The Morgan fingerprint density at radius 3 is 2.94 bits per heavy atom. The average Bonchev–Trinajstić information content (AvgIpc) is 2.86. The van der Waals surface area contributed by atoms with Crippen LogP contribution in [0.4, 0.5) is 0 Å². The zero-order valence-corrected chi connectivity index (χ0v) is 12.3. The maximum atomic E-state index is 4.52. The summed E-state index contributed by atoms with van der Waals surface area (Å²) in [5, 5.41) is 6.42. The molecule has 0 aromatic carbocycles. The Bertz CT molecular complexity index is 483. The van der Waals surface area contributed by atoms with Gasteiger partial charge in [-0.1, -0.05) is 13.0 Å². The van der Waals surface area contributed by atoms with Crippen molar-refractivity contribution in [2.75, 3.05) is 6.54 Å². The Balaban J connectivity index is 2.01. The Labute approximate surface area is 116 Å². The number of rotatable bonds is 6. The van der Waals surface area contributed by atoms with Crippen LogP contribution in [-0.2, 0) is 6.54 Å². The van der Waals surface area contributed by atoms with E-state index in [0.29, 0.717) is 0 Å². The highest BCUT2D eigenvalue weighted by atomic mass is 32.2. The van der Waals surface area contributed by atoms with Crippen molar-refractivity contribution >= 4 is 23.1 Å². The number of aryl methyl sites for hydroxylation is 1. The fourth-order valence-corrected chi connectivity index (χ4v) is 3.14. The summed E-state index contributed by atoms with van der Waals surface area (Å²) >= 11 is 3.28. The Morgan fingerprint density at radius 2 is 2.28 bits per heavy atom. The van der Waals surface area contributed by atoms with Crippen molar-refractivity contribution in [2.45, 2.75) is 36.2 Å². The second-order valence-corrected chi connectivity index (χ2v) is 6.17. The normalized spacial score (nSPS) is 10.8. The number of hydrogen-bond donors (Lipinski definition) is 1. The van der Waals surface area contributed by atoms with Gasteiger partial charge in [-0.15, -0.1) is 11.3 Å². The van der Waals surface area contributed by atoms with Crippen molar-refractivity contribution in [3.05, 3.63) is 35.0 Å². The molecular formula is C13H17N3S2. The molecule has 1 N–H and O–H groups in total. The first-order valence-electron chi connectivity index (χ1n) is 6.03. The number of aromatic nitrogens is 2. The van der Waals surface area contributed by atoms with Crippen molar-refractivity contribution in [2.24, 2.45) is 0 Å². The summed E-state index contributed by atoms with van der Waals surface area (Å²) in [5.74, 6) is 0. The topological polar surface area (TPSA) is 37.8 Å². The molecule has 0 aliphatic rings. The first-order valence-corrected chi connectivity index (χ1v) is 7.72. The molecule has 0 saturated carbocycles. The number of hydrogen-bond acceptors (Lipinski definition) is 5. The summed E-state index contributed by atoms with van der Waals surface area (Å²) in [6.07, 6.45) is 4.93. The third kappa shape index (κ3) is 3.80. The van der Waals surface area contributed by atoms with E-state index >= 15 is 0 Å². The summed E-state index contributed by atoms with van der Waals surface area (Å²) < 4.78 is 1.04. The minimum atomic E-state index is 0.893. The van der Waals surface area contributed by atoms with Crippen molar-refractivity contribution in [1.82, 2.24) is 15.3 Å². The van der Waals surface area contributed by atoms with E-state index in [1.807, 2.05) is 17.8 Å². The molecule has 5 heteroatoms. The number of nitrogens with one attached hydrogen (secondary N) is 1. The molecule has 96 valence electrons. The molecule has 2 aromatic heterocycles. The van der Waals surface area contributed by atoms with Gasteiger partial charge in [0.05, 0.1) is 0 Å². The lowest BCUT2D eigenvalue weighted by atomic mass is 10.2. The summed E-state index contributed by atoms with van der Waals surface area (Å²) in [6.45, 7) is 6.22. The van der Waals surface area contributed by atoms with Gasteiger partial charge in [0.15, 0.2) is 4.34 Å². The predicted octanol–water partition coefficient (Wildman–Crippen LogP) is 3.50. The minimum absolute atomic E-state index is 0.893. The lowest BCUT2D eigenvalue weighted by molar-refractivity contribution is 0.672. The van der Waals surface area contributed by atoms with Gasteiger partial charge in [0, 0.05) is 24.3 Å². The Hall–Kier alpha value is -0.910. The van der Waals surface area contributed by atoms with Crippen LogP contribution in [0.15, 0.2) is 33.2 Å². The predicted molar refractivity (Wildman–Crippen MR) is 77.2 cm³/mol. The van der Waals surface area contributed by atoms with Crippen molar-refractivity contribution in [3.8, 4) is 0 Å². The molecule has 0 fully saturated rings. The van der Waals surface area contributed by atoms with Crippen molar-refractivity contribution in [3.63, 3.8) is 0 Å². The molecule has 0 atom stereocenters. The maximum absolute atomic E-state index is 4.52. The van der Waals surface area contributed by atoms with Crippen LogP contribution in [0.3, 0.4) is 0 Å². The quantitative estimate of drug-likeness (QED) is 0.821. The molecular weight excluding hydrogens is 262 g/mol. The molecule has 0 aliphatic heterocycles. The number of nitrogens with zero attached hydrogens (tertiary/aromatic N) is 2. The standard InChI is InChI=1S/C13H17N3S2/c1-3-4-14-8-11-7-10(2)12(16-9-11)18-13-15-5-6-17-13/h5-7,9,14H,3-4,8H2,1-2H3.